The lowest BCUT2D eigenvalue weighted by Gasteiger charge is -2.19. The minimum atomic E-state index is 0.543. The summed E-state index contributed by atoms with van der Waals surface area (Å²) in [7, 11) is 1.75. The van der Waals surface area contributed by atoms with E-state index in [1.54, 1.807) is 7.11 Å². The van der Waals surface area contributed by atoms with Gasteiger partial charge in [-0.05, 0) is 30.0 Å². The third-order valence-electron chi connectivity index (χ3n) is 3.50. The van der Waals surface area contributed by atoms with E-state index in [1.165, 1.54) is 24.0 Å². The van der Waals surface area contributed by atoms with Gasteiger partial charge in [0.15, 0.2) is 0 Å². The molecule has 1 aromatic carbocycles. The number of ether oxygens (including phenoxy) is 1. The normalized spacial score (nSPS) is 24.9. The second-order valence-corrected chi connectivity index (χ2v) is 4.57. The molecule has 0 saturated carbocycles. The molecule has 88 valence electrons. The van der Waals surface area contributed by atoms with Gasteiger partial charge in [0.05, 0.1) is 6.61 Å². The van der Waals surface area contributed by atoms with Gasteiger partial charge in [0.1, 0.15) is 0 Å². The fourth-order valence-corrected chi connectivity index (χ4v) is 2.63. The third-order valence-corrected chi connectivity index (χ3v) is 3.50. The van der Waals surface area contributed by atoms with Gasteiger partial charge in [0.2, 0.25) is 0 Å². The molecule has 2 rings (SSSR count). The Morgan fingerprint density at radius 3 is 3.06 bits per heavy atom. The summed E-state index contributed by atoms with van der Waals surface area (Å²) in [6, 6.07) is 9.31. The molecule has 1 saturated heterocycles. The highest BCUT2D eigenvalue weighted by atomic mass is 16.5. The van der Waals surface area contributed by atoms with Gasteiger partial charge < -0.3 is 10.1 Å². The first-order chi connectivity index (χ1) is 7.85. The lowest BCUT2D eigenvalue weighted by Crippen LogP contribution is -2.17. The van der Waals surface area contributed by atoms with Crippen molar-refractivity contribution in [3.63, 3.8) is 0 Å². The van der Waals surface area contributed by atoms with Crippen molar-refractivity contribution in [1.82, 2.24) is 5.32 Å². The molecule has 1 aliphatic rings. The van der Waals surface area contributed by atoms with Gasteiger partial charge in [-0.1, -0.05) is 37.6 Å². The Hall–Kier alpha value is -0.860. The minimum absolute atomic E-state index is 0.543. The van der Waals surface area contributed by atoms with Crippen LogP contribution in [0.1, 0.15) is 36.9 Å². The van der Waals surface area contributed by atoms with E-state index in [9.17, 15) is 0 Å². The van der Waals surface area contributed by atoms with Gasteiger partial charge in [-0.15, -0.1) is 0 Å². The van der Waals surface area contributed by atoms with Crippen molar-refractivity contribution < 1.29 is 4.74 Å². The van der Waals surface area contributed by atoms with Crippen LogP contribution in [0.15, 0.2) is 24.3 Å². The van der Waals surface area contributed by atoms with Crippen molar-refractivity contribution in [1.29, 1.82) is 0 Å². The fraction of sp³-hybridized carbons (Fsp3) is 0.571. The Morgan fingerprint density at radius 2 is 2.31 bits per heavy atom. The Bertz CT molecular complexity index is 337. The molecule has 0 aliphatic carbocycles. The SMILES string of the molecule is CCC1CCNC1c1cccc(COC)c1. The summed E-state index contributed by atoms with van der Waals surface area (Å²) >= 11 is 0. The molecule has 0 spiro atoms. The molecular formula is C14H21NO. The monoisotopic (exact) mass is 219 g/mol. The molecule has 0 bridgehead atoms. The van der Waals surface area contributed by atoms with E-state index in [1.807, 2.05) is 0 Å². The van der Waals surface area contributed by atoms with Crippen LogP contribution in [0, 0.1) is 5.92 Å². The summed E-state index contributed by atoms with van der Waals surface area (Å²) in [4.78, 5) is 0. The number of benzene rings is 1. The average molecular weight is 219 g/mol. The third kappa shape index (κ3) is 2.45. The molecule has 0 amide bonds. The summed E-state index contributed by atoms with van der Waals surface area (Å²) in [6.07, 6.45) is 2.56. The quantitative estimate of drug-likeness (QED) is 0.840. The van der Waals surface area contributed by atoms with Gasteiger partial charge in [-0.2, -0.15) is 0 Å². The lowest BCUT2D eigenvalue weighted by molar-refractivity contribution is 0.185. The zero-order chi connectivity index (χ0) is 11.4. The molecule has 1 N–H and O–H groups in total. The summed E-state index contributed by atoms with van der Waals surface area (Å²) in [6.45, 7) is 4.14. The van der Waals surface area contributed by atoms with E-state index in [0.717, 1.165) is 12.5 Å². The first-order valence-corrected chi connectivity index (χ1v) is 6.16. The van der Waals surface area contributed by atoms with Crippen LogP contribution >= 0.6 is 0 Å². The van der Waals surface area contributed by atoms with Gasteiger partial charge in [0.25, 0.3) is 0 Å². The number of hydrogen-bond donors (Lipinski definition) is 1. The molecule has 0 aromatic heterocycles. The highest BCUT2D eigenvalue weighted by Gasteiger charge is 2.26. The average Bonchev–Trinajstić information content (AvgIpc) is 2.78. The Morgan fingerprint density at radius 1 is 1.44 bits per heavy atom. The Kier molecular flexibility index (Phi) is 3.97. The number of methoxy groups -OCH3 is 1. The maximum atomic E-state index is 5.18. The van der Waals surface area contributed by atoms with E-state index in [2.05, 4.69) is 36.5 Å². The molecule has 2 atom stereocenters. The van der Waals surface area contributed by atoms with Crippen LogP contribution < -0.4 is 5.32 Å². The van der Waals surface area contributed by atoms with E-state index in [0.29, 0.717) is 12.6 Å². The first kappa shape index (κ1) is 11.6. The largest absolute Gasteiger partial charge is 0.380 e. The highest BCUT2D eigenvalue weighted by Crippen LogP contribution is 2.32. The van der Waals surface area contributed by atoms with Crippen molar-refractivity contribution >= 4 is 0 Å². The Balaban J connectivity index is 2.16. The van der Waals surface area contributed by atoms with Crippen molar-refractivity contribution in [2.75, 3.05) is 13.7 Å². The smallest absolute Gasteiger partial charge is 0.0713 e. The highest BCUT2D eigenvalue weighted by molar-refractivity contribution is 5.27. The van der Waals surface area contributed by atoms with Crippen LogP contribution in [0.5, 0.6) is 0 Å². The fourth-order valence-electron chi connectivity index (χ4n) is 2.63. The number of rotatable bonds is 4. The number of hydrogen-bond acceptors (Lipinski definition) is 2. The van der Waals surface area contributed by atoms with Crippen LogP contribution in [-0.2, 0) is 11.3 Å². The van der Waals surface area contributed by atoms with Crippen LogP contribution in [0.2, 0.25) is 0 Å². The predicted octanol–water partition coefficient (Wildman–Crippen LogP) is 2.89. The summed E-state index contributed by atoms with van der Waals surface area (Å²) < 4.78 is 5.18. The van der Waals surface area contributed by atoms with Crippen LogP contribution in [0.4, 0.5) is 0 Å². The van der Waals surface area contributed by atoms with Crippen LogP contribution in [-0.4, -0.2) is 13.7 Å². The molecule has 1 heterocycles. The summed E-state index contributed by atoms with van der Waals surface area (Å²) in [5, 5.41) is 3.60. The molecule has 2 heteroatoms. The molecule has 2 unspecified atom stereocenters. The van der Waals surface area contributed by atoms with Gasteiger partial charge in [-0.25, -0.2) is 0 Å². The molecular weight excluding hydrogens is 198 g/mol. The molecule has 1 fully saturated rings. The minimum Gasteiger partial charge on any atom is -0.380 e. The molecule has 0 radical (unpaired) electrons. The van der Waals surface area contributed by atoms with E-state index >= 15 is 0 Å². The second-order valence-electron chi connectivity index (χ2n) is 4.57. The summed E-state index contributed by atoms with van der Waals surface area (Å²) in [5.74, 6) is 0.790. The lowest BCUT2D eigenvalue weighted by atomic mass is 9.91. The van der Waals surface area contributed by atoms with Crippen molar-refractivity contribution in [3.05, 3.63) is 35.4 Å². The Labute approximate surface area is 98.0 Å². The zero-order valence-electron chi connectivity index (χ0n) is 10.2. The van der Waals surface area contributed by atoms with Crippen LogP contribution in [0.3, 0.4) is 0 Å². The van der Waals surface area contributed by atoms with E-state index < -0.39 is 0 Å². The van der Waals surface area contributed by atoms with Gasteiger partial charge in [-0.3, -0.25) is 0 Å². The summed E-state index contributed by atoms with van der Waals surface area (Å²) in [5.41, 5.74) is 2.68. The van der Waals surface area contributed by atoms with Gasteiger partial charge in [0, 0.05) is 13.2 Å². The zero-order valence-corrected chi connectivity index (χ0v) is 10.2. The molecule has 1 aromatic rings. The molecule has 16 heavy (non-hydrogen) atoms. The van der Waals surface area contributed by atoms with Gasteiger partial charge >= 0.3 is 0 Å². The maximum Gasteiger partial charge on any atom is 0.0713 e. The molecule has 2 nitrogen and oxygen atoms in total. The first-order valence-electron chi connectivity index (χ1n) is 6.16. The van der Waals surface area contributed by atoms with Crippen molar-refractivity contribution in [2.45, 2.75) is 32.4 Å². The van der Waals surface area contributed by atoms with Crippen molar-refractivity contribution in [2.24, 2.45) is 5.92 Å². The maximum absolute atomic E-state index is 5.18. The van der Waals surface area contributed by atoms with Crippen molar-refractivity contribution in [3.8, 4) is 0 Å². The van der Waals surface area contributed by atoms with Crippen LogP contribution in [0.25, 0.3) is 0 Å². The topological polar surface area (TPSA) is 21.3 Å². The van der Waals surface area contributed by atoms with E-state index in [-0.39, 0.29) is 0 Å². The second kappa shape index (κ2) is 5.46. The standard InChI is InChI=1S/C14H21NO/c1-3-12-7-8-15-14(12)13-6-4-5-11(9-13)10-16-2/h4-6,9,12,14-15H,3,7-8,10H2,1-2H3. The predicted molar refractivity (Wildman–Crippen MR) is 66.3 cm³/mol. The number of nitrogens with one attached hydrogen (secondary N) is 1. The molecule has 1 aliphatic heterocycles. The van der Waals surface area contributed by atoms with E-state index in [4.69, 9.17) is 4.74 Å².